The average molecular weight is 362 g/mol. The number of rotatable bonds is 6. The summed E-state index contributed by atoms with van der Waals surface area (Å²) in [5.74, 6) is 1.82. The Morgan fingerprint density at radius 3 is 2.00 bits per heavy atom. The number of hydrogen-bond acceptors (Lipinski definition) is 1. The standard InChI is InChI=1S/C22H36N.Ti/c1-17-21(18-10-6-4-7-11-18)16-20(14-15-23(2)3)22(17)19-12-8-5-9-13-19;/h18-19H,1,4-16H2,2-3H3;. The third kappa shape index (κ3) is 4.46. The summed E-state index contributed by atoms with van der Waals surface area (Å²) in [7, 11) is 4.46. The summed E-state index contributed by atoms with van der Waals surface area (Å²) in [5, 5.41) is 0. The third-order valence-electron chi connectivity index (χ3n) is 6.65. The van der Waals surface area contributed by atoms with Gasteiger partial charge in [0.2, 0.25) is 0 Å². The zero-order valence-electron chi connectivity index (χ0n) is 16.0. The Balaban J connectivity index is 1.85. The maximum absolute atomic E-state index is 2.43. The molecule has 0 aromatic carbocycles. The van der Waals surface area contributed by atoms with Gasteiger partial charge in [-0.15, -0.1) is 0 Å². The van der Waals surface area contributed by atoms with Crippen LogP contribution in [0.4, 0.5) is 0 Å². The molecule has 24 heavy (non-hydrogen) atoms. The van der Waals surface area contributed by atoms with E-state index in [0.29, 0.717) is 0 Å². The van der Waals surface area contributed by atoms with Crippen LogP contribution in [-0.4, -0.2) is 25.5 Å². The van der Waals surface area contributed by atoms with Gasteiger partial charge in [0.1, 0.15) is 0 Å². The van der Waals surface area contributed by atoms with Crippen molar-refractivity contribution in [2.45, 2.75) is 81.8 Å². The van der Waals surface area contributed by atoms with Crippen LogP contribution in [0.1, 0.15) is 77.0 Å². The molecule has 0 heterocycles. The molecule has 2 heteroatoms. The molecular formula is C22H36NTi. The first-order chi connectivity index (χ1) is 11.7. The normalized spacial score (nSPS) is 24.4. The molecule has 0 N–H and O–H groups in total. The van der Waals surface area contributed by atoms with Crippen LogP contribution >= 0.6 is 0 Å². The Bertz CT molecular complexity index is 476. The van der Waals surface area contributed by atoms with Gasteiger partial charge in [0, 0.05) is 0 Å². The Hall–Kier alpha value is 0.154. The van der Waals surface area contributed by atoms with E-state index < -0.39 is 0 Å². The molecule has 0 radical (unpaired) electrons. The van der Waals surface area contributed by atoms with Crippen molar-refractivity contribution < 1.29 is 20.4 Å². The van der Waals surface area contributed by atoms with E-state index in [1.807, 2.05) is 22.3 Å². The molecule has 1 nitrogen and oxygen atoms in total. The van der Waals surface area contributed by atoms with Crippen molar-refractivity contribution in [1.29, 1.82) is 0 Å². The van der Waals surface area contributed by atoms with Crippen LogP contribution < -0.4 is 0 Å². The van der Waals surface area contributed by atoms with Crippen LogP contribution in [0.3, 0.4) is 0 Å². The van der Waals surface area contributed by atoms with Crippen LogP contribution in [0.5, 0.6) is 0 Å². The number of nitrogens with zero attached hydrogens (tertiary/aromatic N) is 1. The van der Waals surface area contributed by atoms with Crippen molar-refractivity contribution in [2.24, 2.45) is 11.8 Å². The minimum atomic E-state index is 0.895. The molecule has 2 saturated carbocycles. The van der Waals surface area contributed by atoms with Gasteiger partial charge in [-0.1, -0.05) is 0 Å². The van der Waals surface area contributed by atoms with Gasteiger partial charge >= 0.3 is 162 Å². The quantitative estimate of drug-likeness (QED) is 0.519. The van der Waals surface area contributed by atoms with E-state index in [1.165, 1.54) is 88.3 Å². The Kier molecular flexibility index (Phi) is 7.25. The zero-order valence-corrected chi connectivity index (χ0v) is 17.6. The fraction of sp³-hybridized carbons (Fsp3) is 0.818. The van der Waals surface area contributed by atoms with E-state index in [9.17, 15) is 0 Å². The second kappa shape index (κ2) is 9.20. The summed E-state index contributed by atoms with van der Waals surface area (Å²) in [6.45, 7) is 1.22. The first kappa shape index (κ1) is 18.9. The van der Waals surface area contributed by atoms with Gasteiger partial charge in [-0.2, -0.15) is 0 Å². The molecule has 0 aromatic rings. The molecule has 3 aliphatic carbocycles. The topological polar surface area (TPSA) is 3.24 Å². The molecule has 0 aromatic heterocycles. The molecule has 133 valence electrons. The van der Waals surface area contributed by atoms with Crippen molar-refractivity contribution in [1.82, 2.24) is 4.90 Å². The molecule has 3 aliphatic rings. The Morgan fingerprint density at radius 2 is 1.46 bits per heavy atom. The van der Waals surface area contributed by atoms with Gasteiger partial charge in [-0.25, -0.2) is 0 Å². The fourth-order valence-electron chi connectivity index (χ4n) is 5.38. The first-order valence-corrected chi connectivity index (χ1v) is 11.5. The van der Waals surface area contributed by atoms with Crippen molar-refractivity contribution >= 4 is 0 Å². The van der Waals surface area contributed by atoms with Crippen LogP contribution in [0.15, 0.2) is 22.3 Å². The second-order valence-corrected chi connectivity index (χ2v) is 9.15. The Labute approximate surface area is 161 Å². The van der Waals surface area contributed by atoms with Crippen molar-refractivity contribution in [2.75, 3.05) is 20.6 Å². The molecular weight excluding hydrogens is 326 g/mol. The van der Waals surface area contributed by atoms with E-state index in [-0.39, 0.29) is 0 Å². The molecule has 0 amide bonds. The number of hydrogen-bond donors (Lipinski definition) is 0. The summed E-state index contributed by atoms with van der Waals surface area (Å²) in [6.07, 6.45) is 17.3. The maximum atomic E-state index is 2.43. The van der Waals surface area contributed by atoms with E-state index in [0.717, 1.165) is 11.8 Å². The SMILES string of the molecule is CN(C)CCC1=C(C2CCCCC2)C([CH2][Ti])=C(C2CCCCC2)C1. The average Bonchev–Trinajstić information content (AvgIpc) is 3.00. The van der Waals surface area contributed by atoms with Gasteiger partial charge in [0.15, 0.2) is 0 Å². The van der Waals surface area contributed by atoms with Crippen LogP contribution in [0, 0.1) is 11.8 Å². The Morgan fingerprint density at radius 1 is 0.875 bits per heavy atom. The second-order valence-electron chi connectivity index (χ2n) is 8.60. The van der Waals surface area contributed by atoms with E-state index in [2.05, 4.69) is 39.4 Å². The molecule has 3 rings (SSSR count). The first-order valence-electron chi connectivity index (χ1n) is 10.4. The van der Waals surface area contributed by atoms with Crippen molar-refractivity contribution in [3.63, 3.8) is 0 Å². The van der Waals surface area contributed by atoms with Gasteiger partial charge in [-0.3, -0.25) is 0 Å². The van der Waals surface area contributed by atoms with E-state index in [4.69, 9.17) is 0 Å². The predicted molar refractivity (Wildman–Crippen MR) is 99.8 cm³/mol. The van der Waals surface area contributed by atoms with Gasteiger partial charge in [0.05, 0.1) is 0 Å². The summed E-state index contributed by atoms with van der Waals surface area (Å²) >= 11 is 2.43. The molecule has 0 bridgehead atoms. The van der Waals surface area contributed by atoms with E-state index in [1.54, 1.807) is 0 Å². The summed E-state index contributed by atoms with van der Waals surface area (Å²) in [6, 6.07) is 0. The van der Waals surface area contributed by atoms with Gasteiger partial charge in [-0.05, 0) is 0 Å². The zero-order chi connectivity index (χ0) is 16.9. The summed E-state index contributed by atoms with van der Waals surface area (Å²) in [4.78, 5) is 2.37. The molecule has 2 fully saturated rings. The van der Waals surface area contributed by atoms with Crippen LogP contribution in [-0.2, 0) is 20.4 Å². The van der Waals surface area contributed by atoms with E-state index >= 15 is 0 Å². The van der Waals surface area contributed by atoms with Crippen molar-refractivity contribution in [3.05, 3.63) is 22.3 Å². The monoisotopic (exact) mass is 362 g/mol. The third-order valence-corrected chi connectivity index (χ3v) is 7.20. The summed E-state index contributed by atoms with van der Waals surface area (Å²) < 4.78 is 1.28. The van der Waals surface area contributed by atoms with Crippen LogP contribution in [0.2, 0.25) is 4.73 Å². The van der Waals surface area contributed by atoms with Gasteiger partial charge < -0.3 is 0 Å². The van der Waals surface area contributed by atoms with Crippen molar-refractivity contribution in [3.8, 4) is 0 Å². The predicted octanol–water partition coefficient (Wildman–Crippen LogP) is 6.06. The fourth-order valence-corrected chi connectivity index (χ4v) is 6.03. The molecule has 0 spiro atoms. The minimum absolute atomic E-state index is 0.895. The number of allylic oxidation sites excluding steroid dienone is 3. The molecule has 0 unspecified atom stereocenters. The molecule has 0 aliphatic heterocycles. The molecule has 0 atom stereocenters. The van der Waals surface area contributed by atoms with Gasteiger partial charge in [0.25, 0.3) is 0 Å². The summed E-state index contributed by atoms with van der Waals surface area (Å²) in [5.41, 5.74) is 7.45. The van der Waals surface area contributed by atoms with Crippen LogP contribution in [0.25, 0.3) is 0 Å². The molecule has 0 saturated heterocycles.